The van der Waals surface area contributed by atoms with Crippen LogP contribution in [0.15, 0.2) is 66.7 Å². The zero-order valence-corrected chi connectivity index (χ0v) is 17.0. The van der Waals surface area contributed by atoms with Gasteiger partial charge in [-0.25, -0.2) is 8.78 Å². The number of nitrogens with two attached hydrogens (primary N) is 1. The van der Waals surface area contributed by atoms with E-state index in [0.29, 0.717) is 0 Å². The molecule has 0 aliphatic heterocycles. The van der Waals surface area contributed by atoms with Crippen LogP contribution in [0.25, 0.3) is 11.1 Å². The minimum absolute atomic E-state index is 0.0332. The first kappa shape index (κ1) is 21.6. The van der Waals surface area contributed by atoms with Crippen LogP contribution in [0.1, 0.15) is 22.6 Å². The van der Waals surface area contributed by atoms with Crippen molar-refractivity contribution in [3.8, 4) is 11.1 Å². The summed E-state index contributed by atoms with van der Waals surface area (Å²) in [6, 6.07) is 17.6. The summed E-state index contributed by atoms with van der Waals surface area (Å²) in [5, 5.41) is 9.58. The van der Waals surface area contributed by atoms with Crippen LogP contribution in [0.3, 0.4) is 0 Å². The van der Waals surface area contributed by atoms with E-state index in [1.54, 1.807) is 0 Å². The summed E-state index contributed by atoms with van der Waals surface area (Å²) in [4.78, 5) is 24.5. The Morgan fingerprint density at radius 2 is 1.53 bits per heavy atom. The van der Waals surface area contributed by atoms with E-state index < -0.39 is 35.5 Å². The normalized spacial score (nSPS) is 14.3. The van der Waals surface area contributed by atoms with Gasteiger partial charge in [-0.05, 0) is 46.4 Å². The molecule has 164 valence electrons. The van der Waals surface area contributed by atoms with Gasteiger partial charge in [0.1, 0.15) is 6.61 Å². The van der Waals surface area contributed by atoms with Crippen molar-refractivity contribution in [3.05, 3.63) is 95.1 Å². The topological polar surface area (TPSA) is 89.6 Å². The van der Waals surface area contributed by atoms with E-state index in [2.05, 4.69) is 0 Å². The van der Waals surface area contributed by atoms with E-state index in [4.69, 9.17) is 10.5 Å². The van der Waals surface area contributed by atoms with Crippen LogP contribution in [-0.4, -0.2) is 29.7 Å². The Morgan fingerprint density at radius 3 is 2.09 bits per heavy atom. The fourth-order valence-electron chi connectivity index (χ4n) is 4.21. The Morgan fingerprint density at radius 1 is 0.938 bits per heavy atom. The Labute approximate surface area is 183 Å². The van der Waals surface area contributed by atoms with Gasteiger partial charge in [-0.3, -0.25) is 9.59 Å². The van der Waals surface area contributed by atoms with Crippen molar-refractivity contribution in [2.75, 3.05) is 6.61 Å². The fraction of sp³-hybridized carbons (Fsp3) is 0.200. The van der Waals surface area contributed by atoms with Crippen LogP contribution >= 0.6 is 0 Å². The number of esters is 1. The molecule has 2 atom stereocenters. The summed E-state index contributed by atoms with van der Waals surface area (Å²) in [5.74, 6) is -6.35. The zero-order chi connectivity index (χ0) is 22.8. The maximum atomic E-state index is 13.5. The highest BCUT2D eigenvalue weighted by Crippen LogP contribution is 2.44. The zero-order valence-electron chi connectivity index (χ0n) is 17.0. The van der Waals surface area contributed by atoms with Crippen molar-refractivity contribution in [3.63, 3.8) is 0 Å². The largest absolute Gasteiger partial charge is 0.481 e. The van der Waals surface area contributed by atoms with Gasteiger partial charge in [-0.1, -0.05) is 54.6 Å². The van der Waals surface area contributed by atoms with Crippen LogP contribution < -0.4 is 5.73 Å². The van der Waals surface area contributed by atoms with Crippen molar-refractivity contribution in [1.29, 1.82) is 0 Å². The lowest BCUT2D eigenvalue weighted by Crippen LogP contribution is -2.43. The summed E-state index contributed by atoms with van der Waals surface area (Å²) < 4.78 is 32.0. The number of aliphatic carboxylic acids is 1. The summed E-state index contributed by atoms with van der Waals surface area (Å²) in [6.45, 7) is -0.0332. The molecule has 0 amide bonds. The highest BCUT2D eigenvalue weighted by atomic mass is 19.2. The molecule has 0 bridgehead atoms. The van der Waals surface area contributed by atoms with E-state index >= 15 is 0 Å². The molecule has 0 saturated carbocycles. The van der Waals surface area contributed by atoms with Gasteiger partial charge in [0.15, 0.2) is 17.6 Å². The molecule has 0 unspecified atom stereocenters. The molecule has 3 N–H and O–H groups in total. The van der Waals surface area contributed by atoms with Gasteiger partial charge in [0.25, 0.3) is 0 Å². The smallest absolute Gasteiger partial charge is 0.321 e. The minimum atomic E-state index is -1.64. The summed E-state index contributed by atoms with van der Waals surface area (Å²) >= 11 is 0. The SMILES string of the molecule is N[C@H](Cc1ccc(F)c(F)c1)[C@@H](C(=O)O)C(=O)OCC1c2ccccc2-c2ccccc21. The van der Waals surface area contributed by atoms with Gasteiger partial charge in [0.05, 0.1) is 0 Å². The quantitative estimate of drug-likeness (QED) is 0.432. The predicted octanol–water partition coefficient (Wildman–Crippen LogP) is 3.89. The van der Waals surface area contributed by atoms with Crippen LogP contribution in [-0.2, 0) is 20.7 Å². The van der Waals surface area contributed by atoms with Gasteiger partial charge < -0.3 is 15.6 Å². The van der Waals surface area contributed by atoms with Crippen molar-refractivity contribution in [2.24, 2.45) is 11.7 Å². The predicted molar refractivity (Wildman–Crippen MR) is 114 cm³/mol. The lowest BCUT2D eigenvalue weighted by molar-refractivity contribution is -0.159. The monoisotopic (exact) mass is 437 g/mol. The molecule has 0 saturated heterocycles. The van der Waals surface area contributed by atoms with Gasteiger partial charge in [0.2, 0.25) is 0 Å². The van der Waals surface area contributed by atoms with Crippen LogP contribution in [0.5, 0.6) is 0 Å². The summed E-state index contributed by atoms with van der Waals surface area (Å²) in [6.07, 6.45) is -0.127. The number of ether oxygens (including phenoxy) is 1. The van der Waals surface area contributed by atoms with E-state index in [1.807, 2.05) is 48.5 Å². The van der Waals surface area contributed by atoms with E-state index in [0.717, 1.165) is 34.4 Å². The lowest BCUT2D eigenvalue weighted by atomic mass is 9.94. The van der Waals surface area contributed by atoms with E-state index in [9.17, 15) is 23.5 Å². The second-order valence-electron chi connectivity index (χ2n) is 7.79. The second kappa shape index (κ2) is 8.88. The van der Waals surface area contributed by atoms with Crippen LogP contribution in [0.2, 0.25) is 0 Å². The van der Waals surface area contributed by atoms with Crippen molar-refractivity contribution < 1.29 is 28.2 Å². The molecule has 0 spiro atoms. The Kier molecular flexibility index (Phi) is 6.01. The number of benzene rings is 3. The molecule has 7 heteroatoms. The number of carboxylic acids is 1. The number of fused-ring (bicyclic) bond motifs is 3. The first-order chi connectivity index (χ1) is 15.4. The maximum absolute atomic E-state index is 13.5. The molecule has 3 aromatic rings. The Bertz CT molecular complexity index is 1130. The standard InChI is InChI=1S/C25H21F2NO4/c26-20-10-9-14(11-21(20)27)12-22(28)23(24(29)30)25(31)32-13-19-17-7-3-1-5-15(17)16-6-2-4-8-18(16)19/h1-11,19,22-23H,12-13,28H2,(H,29,30)/t22-,23+/m1/s1. The molecule has 3 aromatic carbocycles. The fourth-order valence-corrected chi connectivity index (χ4v) is 4.21. The molecule has 1 aliphatic carbocycles. The number of rotatable bonds is 7. The molecular formula is C25H21F2NO4. The van der Waals surface area contributed by atoms with Crippen molar-refractivity contribution >= 4 is 11.9 Å². The number of carbonyl (C=O) groups is 2. The van der Waals surface area contributed by atoms with E-state index in [-0.39, 0.29) is 24.5 Å². The molecule has 0 radical (unpaired) electrons. The van der Waals surface area contributed by atoms with Gasteiger partial charge in [-0.2, -0.15) is 0 Å². The van der Waals surface area contributed by atoms with E-state index in [1.165, 1.54) is 6.07 Å². The summed E-state index contributed by atoms with van der Waals surface area (Å²) in [5.41, 5.74) is 10.4. The number of carboxylic acid groups (broad SMARTS) is 1. The molecular weight excluding hydrogens is 416 g/mol. The average molecular weight is 437 g/mol. The molecule has 5 nitrogen and oxygen atoms in total. The van der Waals surface area contributed by atoms with Crippen molar-refractivity contribution in [1.82, 2.24) is 0 Å². The third kappa shape index (κ3) is 4.11. The average Bonchev–Trinajstić information content (AvgIpc) is 3.08. The maximum Gasteiger partial charge on any atom is 0.321 e. The van der Waals surface area contributed by atoms with Crippen LogP contribution in [0, 0.1) is 17.6 Å². The van der Waals surface area contributed by atoms with Crippen LogP contribution in [0.4, 0.5) is 8.78 Å². The van der Waals surface area contributed by atoms with Crippen molar-refractivity contribution in [2.45, 2.75) is 18.4 Å². The van der Waals surface area contributed by atoms with Gasteiger partial charge >= 0.3 is 11.9 Å². The minimum Gasteiger partial charge on any atom is -0.481 e. The molecule has 0 fully saturated rings. The first-order valence-corrected chi connectivity index (χ1v) is 10.1. The van der Waals surface area contributed by atoms with Gasteiger partial charge in [0, 0.05) is 12.0 Å². The molecule has 4 rings (SSSR count). The third-order valence-corrected chi connectivity index (χ3v) is 5.76. The first-order valence-electron chi connectivity index (χ1n) is 10.1. The molecule has 0 heterocycles. The number of halogens is 2. The Hall–Kier alpha value is -3.58. The highest BCUT2D eigenvalue weighted by molar-refractivity contribution is 5.95. The number of hydrogen-bond acceptors (Lipinski definition) is 4. The third-order valence-electron chi connectivity index (χ3n) is 5.76. The molecule has 32 heavy (non-hydrogen) atoms. The number of hydrogen-bond donors (Lipinski definition) is 2. The van der Waals surface area contributed by atoms with Gasteiger partial charge in [-0.15, -0.1) is 0 Å². The number of carbonyl (C=O) groups excluding carboxylic acids is 1. The summed E-state index contributed by atoms with van der Waals surface area (Å²) in [7, 11) is 0. The molecule has 0 aromatic heterocycles. The second-order valence-corrected chi connectivity index (χ2v) is 7.79. The molecule has 1 aliphatic rings. The lowest BCUT2D eigenvalue weighted by Gasteiger charge is -2.21. The Balaban J connectivity index is 1.49. The highest BCUT2D eigenvalue weighted by Gasteiger charge is 2.36.